The highest BCUT2D eigenvalue weighted by Gasteiger charge is 2.19. The zero-order valence-corrected chi connectivity index (χ0v) is 10.9. The molecule has 0 amide bonds. The van der Waals surface area contributed by atoms with Crippen molar-refractivity contribution in [3.05, 3.63) is 36.0 Å². The lowest BCUT2D eigenvalue weighted by atomic mass is 10.1. The van der Waals surface area contributed by atoms with Crippen molar-refractivity contribution in [2.24, 2.45) is 5.84 Å². The lowest BCUT2D eigenvalue weighted by molar-refractivity contribution is 0.0733. The van der Waals surface area contributed by atoms with Gasteiger partial charge in [-0.05, 0) is 6.07 Å². The van der Waals surface area contributed by atoms with Gasteiger partial charge in [0.15, 0.2) is 0 Å². The van der Waals surface area contributed by atoms with Gasteiger partial charge in [-0.1, -0.05) is 18.2 Å². The normalized spacial score (nSPS) is 19.9. The maximum absolute atomic E-state index is 10.4. The number of aliphatic hydroxyl groups is 1. The number of hydrogen-bond acceptors (Lipinski definition) is 4. The molecule has 0 aliphatic carbocycles. The molecule has 0 spiro atoms. The minimum atomic E-state index is -0.458. The number of nitrogens with zero attached hydrogens (tertiary/aromatic N) is 2. The molecule has 0 saturated carbocycles. The van der Waals surface area contributed by atoms with Crippen molar-refractivity contribution in [2.45, 2.75) is 6.10 Å². The first kappa shape index (κ1) is 12.6. The van der Waals surface area contributed by atoms with Crippen LogP contribution in [0.1, 0.15) is 11.7 Å². The molecule has 5 heteroatoms. The summed E-state index contributed by atoms with van der Waals surface area (Å²) in [6.07, 6.45) is 1.45. The topological polar surface area (TPSA) is 68.5 Å². The second-order valence-electron chi connectivity index (χ2n) is 5.14. The smallest absolute Gasteiger partial charge is 0.0937 e. The van der Waals surface area contributed by atoms with Gasteiger partial charge in [0, 0.05) is 55.4 Å². The Labute approximate surface area is 112 Å². The zero-order chi connectivity index (χ0) is 13.2. The fourth-order valence-electron chi connectivity index (χ4n) is 2.66. The van der Waals surface area contributed by atoms with E-state index in [2.05, 4.69) is 9.88 Å². The molecular weight excluding hydrogens is 240 g/mol. The molecule has 2 aromatic rings. The molecule has 19 heavy (non-hydrogen) atoms. The third-order valence-corrected chi connectivity index (χ3v) is 3.82. The van der Waals surface area contributed by atoms with E-state index >= 15 is 0 Å². The van der Waals surface area contributed by atoms with Gasteiger partial charge in [-0.25, -0.2) is 5.01 Å². The van der Waals surface area contributed by atoms with Crippen molar-refractivity contribution >= 4 is 10.9 Å². The van der Waals surface area contributed by atoms with E-state index in [9.17, 15) is 5.11 Å². The molecule has 1 unspecified atom stereocenters. The minimum absolute atomic E-state index is 0.458. The van der Waals surface area contributed by atoms with Crippen LogP contribution in [0.4, 0.5) is 0 Å². The van der Waals surface area contributed by atoms with Crippen molar-refractivity contribution in [3.63, 3.8) is 0 Å². The molecule has 1 aliphatic heterocycles. The number of piperazine rings is 1. The lowest BCUT2D eigenvalue weighted by Gasteiger charge is -2.33. The van der Waals surface area contributed by atoms with E-state index in [1.807, 2.05) is 35.5 Å². The first-order chi connectivity index (χ1) is 9.24. The Bertz CT molecular complexity index is 545. The summed E-state index contributed by atoms with van der Waals surface area (Å²) in [5.41, 5.74) is 2.05. The van der Waals surface area contributed by atoms with Crippen molar-refractivity contribution < 1.29 is 5.11 Å². The summed E-state index contributed by atoms with van der Waals surface area (Å²) >= 11 is 0. The van der Waals surface area contributed by atoms with E-state index in [1.54, 1.807) is 0 Å². The number of benzene rings is 1. The Morgan fingerprint density at radius 3 is 2.74 bits per heavy atom. The first-order valence-electron chi connectivity index (χ1n) is 6.70. The molecule has 2 heterocycles. The summed E-state index contributed by atoms with van der Waals surface area (Å²) in [7, 11) is 0. The predicted molar refractivity (Wildman–Crippen MR) is 75.5 cm³/mol. The van der Waals surface area contributed by atoms with E-state index < -0.39 is 6.10 Å². The third-order valence-electron chi connectivity index (χ3n) is 3.82. The number of nitrogens with one attached hydrogen (secondary N) is 1. The van der Waals surface area contributed by atoms with Crippen molar-refractivity contribution in [1.29, 1.82) is 0 Å². The summed E-state index contributed by atoms with van der Waals surface area (Å²) in [6, 6.07) is 8.07. The number of rotatable bonds is 3. The summed E-state index contributed by atoms with van der Waals surface area (Å²) in [5.74, 6) is 5.74. The zero-order valence-electron chi connectivity index (χ0n) is 10.9. The average molecular weight is 260 g/mol. The predicted octanol–water partition coefficient (Wildman–Crippen LogP) is 0.693. The minimum Gasteiger partial charge on any atom is -0.387 e. The maximum Gasteiger partial charge on any atom is 0.0937 e. The van der Waals surface area contributed by atoms with Crippen molar-refractivity contribution in [3.8, 4) is 0 Å². The molecule has 3 rings (SSSR count). The highest BCUT2D eigenvalue weighted by molar-refractivity contribution is 5.83. The van der Waals surface area contributed by atoms with Gasteiger partial charge in [-0.15, -0.1) is 0 Å². The van der Waals surface area contributed by atoms with Gasteiger partial charge < -0.3 is 10.1 Å². The molecule has 102 valence electrons. The molecule has 5 nitrogen and oxygen atoms in total. The van der Waals surface area contributed by atoms with Gasteiger partial charge >= 0.3 is 0 Å². The van der Waals surface area contributed by atoms with Gasteiger partial charge in [0.2, 0.25) is 0 Å². The summed E-state index contributed by atoms with van der Waals surface area (Å²) in [5, 5.41) is 13.4. The SMILES string of the molecule is NN1CCN(CC(O)c2c[nH]c3ccccc23)CC1. The lowest BCUT2D eigenvalue weighted by Crippen LogP contribution is -2.50. The highest BCUT2D eigenvalue weighted by Crippen LogP contribution is 2.24. The van der Waals surface area contributed by atoms with Gasteiger partial charge in [0.05, 0.1) is 6.10 Å². The van der Waals surface area contributed by atoms with Crippen LogP contribution in [-0.4, -0.2) is 52.7 Å². The summed E-state index contributed by atoms with van der Waals surface area (Å²) < 4.78 is 0. The largest absolute Gasteiger partial charge is 0.387 e. The van der Waals surface area contributed by atoms with Crippen molar-refractivity contribution in [2.75, 3.05) is 32.7 Å². The Balaban J connectivity index is 1.71. The van der Waals surface area contributed by atoms with E-state index in [4.69, 9.17) is 5.84 Å². The highest BCUT2D eigenvalue weighted by atomic mass is 16.3. The van der Waals surface area contributed by atoms with Crippen LogP contribution in [0.2, 0.25) is 0 Å². The number of hydrogen-bond donors (Lipinski definition) is 3. The van der Waals surface area contributed by atoms with Gasteiger partial charge in [-0.3, -0.25) is 10.7 Å². The van der Waals surface area contributed by atoms with Crippen molar-refractivity contribution in [1.82, 2.24) is 14.9 Å². The van der Waals surface area contributed by atoms with Crippen LogP contribution in [0.3, 0.4) is 0 Å². The van der Waals surface area contributed by atoms with E-state index in [0.717, 1.165) is 42.6 Å². The number of aliphatic hydroxyl groups excluding tert-OH is 1. The molecular formula is C14H20N4O. The number of para-hydroxylation sites is 1. The second-order valence-corrected chi connectivity index (χ2v) is 5.14. The number of hydrazine groups is 1. The number of fused-ring (bicyclic) bond motifs is 1. The molecule has 1 aliphatic rings. The van der Waals surface area contributed by atoms with Crippen LogP contribution in [0.5, 0.6) is 0 Å². The monoisotopic (exact) mass is 260 g/mol. The van der Waals surface area contributed by atoms with Crippen LogP contribution < -0.4 is 5.84 Å². The molecule has 4 N–H and O–H groups in total. The quantitative estimate of drug-likeness (QED) is 0.710. The molecule has 0 radical (unpaired) electrons. The van der Waals surface area contributed by atoms with Crippen LogP contribution in [0.25, 0.3) is 10.9 Å². The summed E-state index contributed by atoms with van der Waals surface area (Å²) in [6.45, 7) is 4.21. The van der Waals surface area contributed by atoms with Crippen LogP contribution >= 0.6 is 0 Å². The second kappa shape index (κ2) is 5.30. The number of nitrogens with two attached hydrogens (primary N) is 1. The van der Waals surface area contributed by atoms with Crippen LogP contribution in [0.15, 0.2) is 30.5 Å². The fraction of sp³-hybridized carbons (Fsp3) is 0.429. The Morgan fingerprint density at radius 2 is 1.95 bits per heavy atom. The number of β-amino-alcohol motifs (C(OH)–C–C–N with tert-alkyl or cyclic N) is 1. The van der Waals surface area contributed by atoms with E-state index in [1.165, 1.54) is 0 Å². The number of aromatic amines is 1. The number of H-pyrrole nitrogens is 1. The van der Waals surface area contributed by atoms with Crippen LogP contribution in [0, 0.1) is 0 Å². The Morgan fingerprint density at radius 1 is 1.21 bits per heavy atom. The molecule has 1 aromatic heterocycles. The van der Waals surface area contributed by atoms with Gasteiger partial charge in [0.25, 0.3) is 0 Å². The Kier molecular flexibility index (Phi) is 3.52. The van der Waals surface area contributed by atoms with E-state index in [0.29, 0.717) is 6.54 Å². The molecule has 0 bridgehead atoms. The summed E-state index contributed by atoms with van der Waals surface area (Å²) in [4.78, 5) is 5.47. The van der Waals surface area contributed by atoms with Gasteiger partial charge in [-0.2, -0.15) is 0 Å². The van der Waals surface area contributed by atoms with E-state index in [-0.39, 0.29) is 0 Å². The fourth-order valence-corrected chi connectivity index (χ4v) is 2.66. The average Bonchev–Trinajstić information content (AvgIpc) is 2.85. The first-order valence-corrected chi connectivity index (χ1v) is 6.70. The molecule has 1 atom stereocenters. The number of aromatic nitrogens is 1. The third kappa shape index (κ3) is 2.64. The standard InChI is InChI=1S/C14H20N4O/c15-18-7-5-17(6-8-18)10-14(19)12-9-16-13-4-2-1-3-11(12)13/h1-4,9,14,16,19H,5-8,10,15H2. The van der Waals surface area contributed by atoms with Gasteiger partial charge in [0.1, 0.15) is 0 Å². The molecule has 1 saturated heterocycles. The Hall–Kier alpha value is -1.40. The molecule has 1 fully saturated rings. The van der Waals surface area contributed by atoms with Crippen LogP contribution in [-0.2, 0) is 0 Å². The molecule has 1 aromatic carbocycles. The maximum atomic E-state index is 10.4.